The van der Waals surface area contributed by atoms with Crippen molar-refractivity contribution in [3.63, 3.8) is 0 Å². The van der Waals surface area contributed by atoms with Crippen molar-refractivity contribution in [1.82, 2.24) is 10.3 Å². The van der Waals surface area contributed by atoms with Crippen molar-refractivity contribution >= 4 is 5.91 Å². The number of aromatic nitrogens is 1. The maximum absolute atomic E-state index is 12.0. The van der Waals surface area contributed by atoms with Gasteiger partial charge in [0.2, 0.25) is 5.56 Å². The van der Waals surface area contributed by atoms with Crippen molar-refractivity contribution < 1.29 is 4.79 Å². The molecule has 4 nitrogen and oxygen atoms in total. The Morgan fingerprint density at radius 1 is 1.20 bits per heavy atom. The van der Waals surface area contributed by atoms with Crippen molar-refractivity contribution in [2.24, 2.45) is 0 Å². The van der Waals surface area contributed by atoms with Gasteiger partial charge >= 0.3 is 0 Å². The van der Waals surface area contributed by atoms with E-state index >= 15 is 0 Å². The zero-order valence-electron chi connectivity index (χ0n) is 11.6. The number of H-pyrrole nitrogens is 1. The molecule has 0 spiro atoms. The molecule has 2 aromatic rings. The number of aromatic amines is 1. The molecule has 1 aromatic carbocycles. The molecule has 0 bridgehead atoms. The molecular weight excluding hydrogens is 252 g/mol. The first-order chi connectivity index (χ1) is 9.56. The standard InChI is InChI=1S/C16H18N2O2/c1-11-6-3-4-7-13(11)10-12(2)17-16(20)14-8-5-9-15(19)18-14/h3-9,12H,10H2,1-2H3,(H,17,20)(H,18,19). The van der Waals surface area contributed by atoms with Crippen LogP contribution in [0.1, 0.15) is 28.5 Å². The lowest BCUT2D eigenvalue weighted by molar-refractivity contribution is 0.0935. The van der Waals surface area contributed by atoms with E-state index in [0.717, 1.165) is 6.42 Å². The molecule has 4 heteroatoms. The Kier molecular flexibility index (Phi) is 4.35. The van der Waals surface area contributed by atoms with Gasteiger partial charge in [0.05, 0.1) is 0 Å². The number of benzene rings is 1. The van der Waals surface area contributed by atoms with Crippen LogP contribution in [0.2, 0.25) is 0 Å². The minimum Gasteiger partial charge on any atom is -0.348 e. The highest BCUT2D eigenvalue weighted by molar-refractivity contribution is 5.92. The van der Waals surface area contributed by atoms with Crippen LogP contribution in [0.3, 0.4) is 0 Å². The van der Waals surface area contributed by atoms with Crippen molar-refractivity contribution in [2.75, 3.05) is 0 Å². The molecule has 20 heavy (non-hydrogen) atoms. The molecule has 0 radical (unpaired) electrons. The maximum Gasteiger partial charge on any atom is 0.268 e. The summed E-state index contributed by atoms with van der Waals surface area (Å²) in [5, 5.41) is 2.89. The summed E-state index contributed by atoms with van der Waals surface area (Å²) in [4.78, 5) is 25.7. The van der Waals surface area contributed by atoms with Gasteiger partial charge in [0, 0.05) is 12.1 Å². The number of aryl methyl sites for hydroxylation is 1. The number of carbonyl (C=O) groups excluding carboxylic acids is 1. The fourth-order valence-corrected chi connectivity index (χ4v) is 2.10. The van der Waals surface area contributed by atoms with Gasteiger partial charge in [0.15, 0.2) is 0 Å². The molecule has 1 aromatic heterocycles. The summed E-state index contributed by atoms with van der Waals surface area (Å²) in [6.07, 6.45) is 0.759. The van der Waals surface area contributed by atoms with E-state index in [1.54, 1.807) is 12.1 Å². The first-order valence-electron chi connectivity index (χ1n) is 6.61. The zero-order chi connectivity index (χ0) is 14.5. The van der Waals surface area contributed by atoms with E-state index in [0.29, 0.717) is 0 Å². The van der Waals surface area contributed by atoms with Crippen molar-refractivity contribution in [1.29, 1.82) is 0 Å². The van der Waals surface area contributed by atoms with Crippen LogP contribution in [0.15, 0.2) is 47.3 Å². The predicted molar refractivity (Wildman–Crippen MR) is 78.9 cm³/mol. The first kappa shape index (κ1) is 14.1. The van der Waals surface area contributed by atoms with E-state index < -0.39 is 0 Å². The Labute approximate surface area is 117 Å². The lowest BCUT2D eigenvalue weighted by Gasteiger charge is -2.15. The van der Waals surface area contributed by atoms with Gasteiger partial charge in [-0.05, 0) is 37.5 Å². The SMILES string of the molecule is Cc1ccccc1CC(C)NC(=O)c1cccc(=O)[nH]1. The maximum atomic E-state index is 12.0. The smallest absolute Gasteiger partial charge is 0.268 e. The molecule has 0 saturated heterocycles. The summed E-state index contributed by atoms with van der Waals surface area (Å²) in [5.74, 6) is -0.260. The van der Waals surface area contributed by atoms with E-state index in [-0.39, 0.29) is 23.2 Å². The van der Waals surface area contributed by atoms with Crippen LogP contribution in [0.25, 0.3) is 0 Å². The molecule has 0 fully saturated rings. The highest BCUT2D eigenvalue weighted by Crippen LogP contribution is 2.09. The number of carbonyl (C=O) groups is 1. The molecule has 0 aliphatic carbocycles. The fourth-order valence-electron chi connectivity index (χ4n) is 2.10. The second-order valence-corrected chi connectivity index (χ2v) is 4.93. The second kappa shape index (κ2) is 6.19. The molecule has 2 rings (SSSR count). The van der Waals surface area contributed by atoms with Gasteiger partial charge in [-0.15, -0.1) is 0 Å². The van der Waals surface area contributed by atoms with Crippen LogP contribution in [-0.4, -0.2) is 16.9 Å². The average Bonchev–Trinajstić information content (AvgIpc) is 2.41. The highest BCUT2D eigenvalue weighted by atomic mass is 16.2. The molecule has 1 amide bonds. The predicted octanol–water partition coefficient (Wildman–Crippen LogP) is 2.04. The Hall–Kier alpha value is -2.36. The van der Waals surface area contributed by atoms with E-state index in [1.165, 1.54) is 17.2 Å². The number of pyridine rings is 1. The third kappa shape index (κ3) is 3.57. The number of hydrogen-bond acceptors (Lipinski definition) is 2. The number of rotatable bonds is 4. The van der Waals surface area contributed by atoms with Crippen molar-refractivity contribution in [3.8, 4) is 0 Å². The summed E-state index contributed by atoms with van der Waals surface area (Å²) in [6.45, 7) is 4.00. The van der Waals surface area contributed by atoms with Crippen LogP contribution >= 0.6 is 0 Å². The van der Waals surface area contributed by atoms with E-state index in [4.69, 9.17) is 0 Å². The Morgan fingerprint density at radius 2 is 1.95 bits per heavy atom. The Morgan fingerprint density at radius 3 is 2.65 bits per heavy atom. The van der Waals surface area contributed by atoms with Gasteiger partial charge in [0.1, 0.15) is 5.69 Å². The fraction of sp³-hybridized carbons (Fsp3) is 0.250. The van der Waals surface area contributed by atoms with Crippen LogP contribution in [-0.2, 0) is 6.42 Å². The largest absolute Gasteiger partial charge is 0.348 e. The summed E-state index contributed by atoms with van der Waals surface area (Å²) in [6, 6.07) is 12.6. The van der Waals surface area contributed by atoms with Crippen LogP contribution in [0.4, 0.5) is 0 Å². The van der Waals surface area contributed by atoms with Gasteiger partial charge in [-0.25, -0.2) is 0 Å². The quantitative estimate of drug-likeness (QED) is 0.893. The zero-order valence-corrected chi connectivity index (χ0v) is 11.6. The summed E-state index contributed by atoms with van der Waals surface area (Å²) in [7, 11) is 0. The summed E-state index contributed by atoms with van der Waals surface area (Å²) in [5.41, 5.74) is 2.43. The lowest BCUT2D eigenvalue weighted by atomic mass is 10.0. The molecule has 2 N–H and O–H groups in total. The highest BCUT2D eigenvalue weighted by Gasteiger charge is 2.11. The Balaban J connectivity index is 2.01. The minimum atomic E-state index is -0.274. The van der Waals surface area contributed by atoms with Gasteiger partial charge < -0.3 is 10.3 Å². The third-order valence-electron chi connectivity index (χ3n) is 3.18. The number of amides is 1. The summed E-state index contributed by atoms with van der Waals surface area (Å²) >= 11 is 0. The lowest BCUT2D eigenvalue weighted by Crippen LogP contribution is -2.35. The van der Waals surface area contributed by atoms with Crippen molar-refractivity contribution in [2.45, 2.75) is 26.3 Å². The van der Waals surface area contributed by atoms with Crippen LogP contribution in [0.5, 0.6) is 0 Å². The minimum absolute atomic E-state index is 0.00712. The second-order valence-electron chi connectivity index (χ2n) is 4.93. The van der Waals surface area contributed by atoms with E-state index in [1.807, 2.05) is 19.1 Å². The molecule has 104 valence electrons. The summed E-state index contributed by atoms with van der Waals surface area (Å²) < 4.78 is 0. The van der Waals surface area contributed by atoms with Crippen LogP contribution in [0, 0.1) is 6.92 Å². The van der Waals surface area contributed by atoms with Gasteiger partial charge in [0.25, 0.3) is 5.91 Å². The van der Waals surface area contributed by atoms with Gasteiger partial charge in [-0.3, -0.25) is 9.59 Å². The third-order valence-corrected chi connectivity index (χ3v) is 3.18. The molecule has 0 saturated carbocycles. The molecule has 0 aliphatic rings. The normalized spacial score (nSPS) is 11.9. The average molecular weight is 270 g/mol. The molecular formula is C16H18N2O2. The topological polar surface area (TPSA) is 62.0 Å². The molecule has 1 atom stereocenters. The van der Waals surface area contributed by atoms with E-state index in [9.17, 15) is 9.59 Å². The van der Waals surface area contributed by atoms with Crippen LogP contribution < -0.4 is 10.9 Å². The number of nitrogens with one attached hydrogen (secondary N) is 2. The first-order valence-corrected chi connectivity index (χ1v) is 6.61. The van der Waals surface area contributed by atoms with E-state index in [2.05, 4.69) is 29.4 Å². The van der Waals surface area contributed by atoms with Gasteiger partial charge in [-0.1, -0.05) is 30.3 Å². The molecule has 0 aliphatic heterocycles. The number of hydrogen-bond donors (Lipinski definition) is 2. The van der Waals surface area contributed by atoms with Gasteiger partial charge in [-0.2, -0.15) is 0 Å². The molecule has 1 unspecified atom stereocenters. The Bertz CT molecular complexity index is 661. The monoisotopic (exact) mass is 270 g/mol. The van der Waals surface area contributed by atoms with Crippen molar-refractivity contribution in [3.05, 3.63) is 69.6 Å². The molecule has 1 heterocycles.